The van der Waals surface area contributed by atoms with Crippen LogP contribution in [0.5, 0.6) is 5.88 Å². The first kappa shape index (κ1) is 9.49. The zero-order chi connectivity index (χ0) is 10.1. The summed E-state index contributed by atoms with van der Waals surface area (Å²) in [5.41, 5.74) is 4.87. The summed E-state index contributed by atoms with van der Waals surface area (Å²) in [5, 5.41) is 0. The number of aromatic nitrogens is 2. The molecule has 0 aliphatic heterocycles. The molecular weight excluding hydrogens is 194 g/mol. The van der Waals surface area contributed by atoms with Crippen molar-refractivity contribution in [2.45, 2.75) is 6.36 Å². The molecule has 1 aromatic heterocycles. The van der Waals surface area contributed by atoms with Crippen LogP contribution in [0.15, 0.2) is 6.07 Å². The highest BCUT2D eigenvalue weighted by Gasteiger charge is 2.32. The third kappa shape index (κ3) is 3.09. The van der Waals surface area contributed by atoms with Gasteiger partial charge in [-0.15, -0.1) is 13.2 Å². The number of ether oxygens (including phenoxy) is 1. The van der Waals surface area contributed by atoms with Gasteiger partial charge in [-0.05, 0) is 0 Å². The fourth-order valence-electron chi connectivity index (χ4n) is 0.585. The highest BCUT2D eigenvalue weighted by molar-refractivity contribution is 5.21. The summed E-state index contributed by atoms with van der Waals surface area (Å²) < 4.78 is 50.3. The molecule has 1 heterocycles. The van der Waals surface area contributed by atoms with E-state index in [0.717, 1.165) is 0 Å². The SMILES string of the molecule is Nc1nc(F)cc(OC(F)(F)F)n1. The van der Waals surface area contributed by atoms with Gasteiger partial charge in [-0.2, -0.15) is 14.4 Å². The minimum absolute atomic E-state index is 0.379. The van der Waals surface area contributed by atoms with Crippen LogP contribution in [0, 0.1) is 5.95 Å². The van der Waals surface area contributed by atoms with Crippen molar-refractivity contribution in [3.8, 4) is 5.88 Å². The highest BCUT2D eigenvalue weighted by atomic mass is 19.4. The Bertz CT molecular complexity index is 293. The molecule has 0 fully saturated rings. The number of hydrogen-bond donors (Lipinski definition) is 1. The Morgan fingerprint density at radius 2 is 1.92 bits per heavy atom. The zero-order valence-corrected chi connectivity index (χ0v) is 5.97. The molecule has 1 rings (SSSR count). The van der Waals surface area contributed by atoms with Gasteiger partial charge in [0, 0.05) is 0 Å². The van der Waals surface area contributed by atoms with Gasteiger partial charge in [0.1, 0.15) is 0 Å². The highest BCUT2D eigenvalue weighted by Crippen LogP contribution is 2.21. The molecule has 0 aliphatic carbocycles. The number of alkyl halides is 3. The summed E-state index contributed by atoms with van der Waals surface area (Å²) in [5.74, 6) is -2.79. The Kier molecular flexibility index (Phi) is 2.22. The maximum absolute atomic E-state index is 12.3. The number of nitrogens with two attached hydrogens (primary N) is 1. The monoisotopic (exact) mass is 197 g/mol. The van der Waals surface area contributed by atoms with Crippen molar-refractivity contribution >= 4 is 5.95 Å². The predicted molar refractivity (Wildman–Crippen MR) is 33.1 cm³/mol. The van der Waals surface area contributed by atoms with Gasteiger partial charge in [0.2, 0.25) is 17.8 Å². The second-order valence-electron chi connectivity index (χ2n) is 1.93. The fourth-order valence-corrected chi connectivity index (χ4v) is 0.585. The van der Waals surface area contributed by atoms with Crippen LogP contribution in [0.4, 0.5) is 23.5 Å². The van der Waals surface area contributed by atoms with Crippen molar-refractivity contribution in [3.63, 3.8) is 0 Å². The Morgan fingerprint density at radius 3 is 2.38 bits per heavy atom. The smallest absolute Gasteiger partial charge is 0.388 e. The molecule has 2 N–H and O–H groups in total. The van der Waals surface area contributed by atoms with E-state index in [0.29, 0.717) is 6.07 Å². The van der Waals surface area contributed by atoms with Crippen LogP contribution in [0.1, 0.15) is 0 Å². The number of rotatable bonds is 1. The number of halogens is 4. The number of hydrogen-bond acceptors (Lipinski definition) is 4. The summed E-state index contributed by atoms with van der Waals surface area (Å²) in [7, 11) is 0. The summed E-state index contributed by atoms with van der Waals surface area (Å²) in [4.78, 5) is 5.92. The lowest BCUT2D eigenvalue weighted by molar-refractivity contribution is -0.276. The van der Waals surface area contributed by atoms with Crippen molar-refractivity contribution < 1.29 is 22.3 Å². The molecule has 0 saturated carbocycles. The minimum Gasteiger partial charge on any atom is -0.388 e. The number of anilines is 1. The van der Waals surface area contributed by atoms with E-state index in [1.54, 1.807) is 0 Å². The minimum atomic E-state index is -4.92. The summed E-state index contributed by atoms with van der Waals surface area (Å²) in [6, 6.07) is 0.379. The second kappa shape index (κ2) is 3.04. The zero-order valence-electron chi connectivity index (χ0n) is 5.97. The molecule has 0 unspecified atom stereocenters. The molecule has 13 heavy (non-hydrogen) atoms. The van der Waals surface area contributed by atoms with Gasteiger partial charge in [0.25, 0.3) is 0 Å². The molecule has 0 saturated heterocycles. The Labute approximate surface area is 69.4 Å². The van der Waals surface area contributed by atoms with Crippen LogP contribution in [-0.4, -0.2) is 16.3 Å². The van der Waals surface area contributed by atoms with E-state index in [4.69, 9.17) is 5.73 Å². The lowest BCUT2D eigenvalue weighted by Gasteiger charge is -2.07. The quantitative estimate of drug-likeness (QED) is 0.540. The lowest BCUT2D eigenvalue weighted by Crippen LogP contribution is -2.18. The van der Waals surface area contributed by atoms with Crippen LogP contribution >= 0.6 is 0 Å². The maximum Gasteiger partial charge on any atom is 0.574 e. The van der Waals surface area contributed by atoms with E-state index in [9.17, 15) is 17.6 Å². The average Bonchev–Trinajstić information content (AvgIpc) is 1.78. The summed E-state index contributed by atoms with van der Waals surface area (Å²) >= 11 is 0. The van der Waals surface area contributed by atoms with Crippen molar-refractivity contribution in [1.29, 1.82) is 0 Å². The van der Waals surface area contributed by atoms with Gasteiger partial charge in [-0.1, -0.05) is 0 Å². The normalized spacial score (nSPS) is 11.4. The van der Waals surface area contributed by atoms with Crippen LogP contribution in [0.2, 0.25) is 0 Å². The molecule has 8 heteroatoms. The second-order valence-corrected chi connectivity index (χ2v) is 1.93. The topological polar surface area (TPSA) is 61.0 Å². The molecule has 72 valence electrons. The van der Waals surface area contributed by atoms with Gasteiger partial charge >= 0.3 is 6.36 Å². The van der Waals surface area contributed by atoms with E-state index in [1.807, 2.05) is 0 Å². The standard InChI is InChI=1S/C5H3F4N3O/c6-2-1-3(12-4(10)11-2)13-5(7,8)9/h1H,(H2,10,11,12). The van der Waals surface area contributed by atoms with Crippen molar-refractivity contribution in [1.82, 2.24) is 9.97 Å². The van der Waals surface area contributed by atoms with Gasteiger partial charge in [-0.3, -0.25) is 0 Å². The molecule has 0 amide bonds. The molecule has 1 aromatic rings. The molecule has 0 bridgehead atoms. The van der Waals surface area contributed by atoms with Gasteiger partial charge in [0.15, 0.2) is 0 Å². The summed E-state index contributed by atoms with van der Waals surface area (Å²) in [6.07, 6.45) is -4.92. The summed E-state index contributed by atoms with van der Waals surface area (Å²) in [6.45, 7) is 0. The van der Waals surface area contributed by atoms with Crippen LogP contribution < -0.4 is 10.5 Å². The van der Waals surface area contributed by atoms with Crippen molar-refractivity contribution in [2.24, 2.45) is 0 Å². The van der Waals surface area contributed by atoms with E-state index >= 15 is 0 Å². The molecule has 0 atom stereocenters. The third-order valence-corrected chi connectivity index (χ3v) is 0.909. The first-order chi connectivity index (χ1) is 5.87. The largest absolute Gasteiger partial charge is 0.574 e. The Hall–Kier alpha value is -1.60. The van der Waals surface area contributed by atoms with Gasteiger partial charge in [0.05, 0.1) is 6.07 Å². The van der Waals surface area contributed by atoms with Gasteiger partial charge < -0.3 is 10.5 Å². The molecule has 0 radical (unpaired) electrons. The molecule has 0 aliphatic rings. The van der Waals surface area contributed by atoms with E-state index in [-0.39, 0.29) is 0 Å². The first-order valence-electron chi connectivity index (χ1n) is 2.92. The van der Waals surface area contributed by atoms with Crippen molar-refractivity contribution in [3.05, 3.63) is 12.0 Å². The van der Waals surface area contributed by atoms with Crippen LogP contribution in [0.3, 0.4) is 0 Å². The number of nitrogens with zero attached hydrogens (tertiary/aromatic N) is 2. The molecular formula is C5H3F4N3O. The predicted octanol–water partition coefficient (Wildman–Crippen LogP) is 1.10. The lowest BCUT2D eigenvalue weighted by atomic mass is 10.6. The van der Waals surface area contributed by atoms with E-state index in [1.165, 1.54) is 0 Å². The fraction of sp³-hybridized carbons (Fsp3) is 0.200. The Balaban J connectivity index is 2.90. The maximum atomic E-state index is 12.3. The molecule has 0 aromatic carbocycles. The van der Waals surface area contributed by atoms with E-state index < -0.39 is 24.1 Å². The molecule has 0 spiro atoms. The molecule has 4 nitrogen and oxygen atoms in total. The van der Waals surface area contributed by atoms with Crippen LogP contribution in [-0.2, 0) is 0 Å². The Morgan fingerprint density at radius 1 is 1.31 bits per heavy atom. The number of nitrogen functional groups attached to an aromatic ring is 1. The van der Waals surface area contributed by atoms with Gasteiger partial charge in [-0.25, -0.2) is 0 Å². The third-order valence-electron chi connectivity index (χ3n) is 0.909. The van der Waals surface area contributed by atoms with Crippen molar-refractivity contribution in [2.75, 3.05) is 5.73 Å². The van der Waals surface area contributed by atoms with Crippen LogP contribution in [0.25, 0.3) is 0 Å². The first-order valence-corrected chi connectivity index (χ1v) is 2.92. The van der Waals surface area contributed by atoms with E-state index in [2.05, 4.69) is 14.7 Å². The average molecular weight is 197 g/mol.